The SMILES string of the molecule is CC1(CNS(=O)(=O)c2cc(Cl)ccc2[N+](=O)[O-])CCNCC1.Cl. The normalized spacial score (nSPS) is 17.3. The summed E-state index contributed by atoms with van der Waals surface area (Å²) in [7, 11) is -3.99. The molecule has 0 saturated carbocycles. The molecular formula is C13H19Cl2N3O4S. The molecule has 0 bridgehead atoms. The van der Waals surface area contributed by atoms with E-state index in [0.717, 1.165) is 38.1 Å². The predicted molar refractivity (Wildman–Crippen MR) is 90.8 cm³/mol. The number of benzene rings is 1. The third-order valence-electron chi connectivity index (χ3n) is 3.91. The van der Waals surface area contributed by atoms with Gasteiger partial charge >= 0.3 is 0 Å². The second-order valence-electron chi connectivity index (χ2n) is 5.75. The number of nitrogens with one attached hydrogen (secondary N) is 2. The van der Waals surface area contributed by atoms with Crippen LogP contribution < -0.4 is 10.0 Å². The lowest BCUT2D eigenvalue weighted by molar-refractivity contribution is -0.387. The molecule has 130 valence electrons. The van der Waals surface area contributed by atoms with Gasteiger partial charge in [-0.3, -0.25) is 10.1 Å². The lowest BCUT2D eigenvalue weighted by atomic mass is 9.81. The topological polar surface area (TPSA) is 101 Å². The van der Waals surface area contributed by atoms with Crippen LogP contribution in [-0.2, 0) is 10.0 Å². The van der Waals surface area contributed by atoms with E-state index in [4.69, 9.17) is 11.6 Å². The molecule has 0 unspecified atom stereocenters. The Kier molecular flexibility index (Phi) is 6.79. The molecule has 1 saturated heterocycles. The Bertz CT molecular complexity index is 676. The van der Waals surface area contributed by atoms with Gasteiger partial charge in [0.05, 0.1) is 4.92 Å². The van der Waals surface area contributed by atoms with Crippen molar-refractivity contribution in [2.75, 3.05) is 19.6 Å². The summed E-state index contributed by atoms with van der Waals surface area (Å²) in [6.07, 6.45) is 1.68. The Balaban J connectivity index is 0.00000264. The summed E-state index contributed by atoms with van der Waals surface area (Å²) < 4.78 is 27.3. The second kappa shape index (κ2) is 7.76. The van der Waals surface area contributed by atoms with Gasteiger partial charge in [0, 0.05) is 17.6 Å². The quantitative estimate of drug-likeness (QED) is 0.599. The molecule has 1 heterocycles. The van der Waals surface area contributed by atoms with Gasteiger partial charge in [0.15, 0.2) is 4.90 Å². The molecule has 0 aliphatic carbocycles. The minimum Gasteiger partial charge on any atom is -0.317 e. The summed E-state index contributed by atoms with van der Waals surface area (Å²) in [5.41, 5.74) is -0.640. The zero-order valence-electron chi connectivity index (χ0n) is 12.5. The van der Waals surface area contributed by atoms with E-state index in [1.54, 1.807) is 0 Å². The van der Waals surface area contributed by atoms with Gasteiger partial charge in [-0.2, -0.15) is 0 Å². The number of nitrogens with zero attached hydrogens (tertiary/aromatic N) is 1. The molecule has 0 spiro atoms. The first-order valence-corrected chi connectivity index (χ1v) is 8.74. The highest BCUT2D eigenvalue weighted by atomic mass is 35.5. The Morgan fingerprint density at radius 2 is 2.00 bits per heavy atom. The first-order chi connectivity index (χ1) is 10.2. The van der Waals surface area contributed by atoms with Crippen molar-refractivity contribution in [1.29, 1.82) is 0 Å². The Morgan fingerprint density at radius 1 is 1.39 bits per heavy atom. The smallest absolute Gasteiger partial charge is 0.289 e. The number of piperidine rings is 1. The molecule has 0 aromatic heterocycles. The van der Waals surface area contributed by atoms with Crippen LogP contribution in [0.5, 0.6) is 0 Å². The zero-order chi connectivity index (χ0) is 16.4. The van der Waals surface area contributed by atoms with E-state index in [2.05, 4.69) is 10.0 Å². The largest absolute Gasteiger partial charge is 0.317 e. The van der Waals surface area contributed by atoms with Crippen LogP contribution >= 0.6 is 24.0 Å². The molecular weight excluding hydrogens is 365 g/mol. The number of halogens is 2. The van der Waals surface area contributed by atoms with Crippen molar-refractivity contribution in [3.63, 3.8) is 0 Å². The van der Waals surface area contributed by atoms with Crippen molar-refractivity contribution in [2.24, 2.45) is 5.41 Å². The third-order valence-corrected chi connectivity index (χ3v) is 5.57. The number of nitro benzene ring substituents is 1. The maximum atomic E-state index is 12.4. The number of nitro groups is 1. The van der Waals surface area contributed by atoms with Crippen LogP contribution in [0.1, 0.15) is 19.8 Å². The standard InChI is InChI=1S/C13H18ClN3O4S.ClH/c1-13(4-6-15-7-5-13)9-16-22(20,21)12-8-10(14)2-3-11(12)17(18)19;/h2-3,8,15-16H,4-7,9H2,1H3;1H. The van der Waals surface area contributed by atoms with Crippen LogP contribution in [0.4, 0.5) is 5.69 Å². The lowest BCUT2D eigenvalue weighted by Gasteiger charge is -2.34. The molecule has 1 fully saturated rings. The first kappa shape index (κ1) is 20.1. The predicted octanol–water partition coefficient (Wildman–Crippen LogP) is 2.34. The Hall–Kier alpha value is -0.930. The third kappa shape index (κ3) is 5.02. The average molecular weight is 384 g/mol. The Morgan fingerprint density at radius 3 is 2.57 bits per heavy atom. The van der Waals surface area contributed by atoms with Crippen molar-refractivity contribution in [1.82, 2.24) is 10.0 Å². The summed E-state index contributed by atoms with van der Waals surface area (Å²) in [4.78, 5) is 9.89. The van der Waals surface area contributed by atoms with Crippen LogP contribution in [0, 0.1) is 15.5 Å². The minimum atomic E-state index is -3.99. The molecule has 23 heavy (non-hydrogen) atoms. The molecule has 0 radical (unpaired) electrons. The molecule has 7 nitrogen and oxygen atoms in total. The summed E-state index contributed by atoms with van der Waals surface area (Å²) in [5.74, 6) is 0. The molecule has 1 aromatic carbocycles. The fourth-order valence-electron chi connectivity index (χ4n) is 2.41. The van der Waals surface area contributed by atoms with E-state index >= 15 is 0 Å². The van der Waals surface area contributed by atoms with Crippen molar-refractivity contribution in [3.05, 3.63) is 33.3 Å². The van der Waals surface area contributed by atoms with Gasteiger partial charge < -0.3 is 5.32 Å². The molecule has 2 rings (SSSR count). The summed E-state index contributed by atoms with van der Waals surface area (Å²) >= 11 is 5.78. The fraction of sp³-hybridized carbons (Fsp3) is 0.538. The molecule has 10 heteroatoms. The lowest BCUT2D eigenvalue weighted by Crippen LogP contribution is -2.42. The molecule has 2 N–H and O–H groups in total. The zero-order valence-corrected chi connectivity index (χ0v) is 14.9. The van der Waals surface area contributed by atoms with E-state index < -0.39 is 25.5 Å². The number of rotatable bonds is 5. The maximum absolute atomic E-state index is 12.4. The van der Waals surface area contributed by atoms with Gasteiger partial charge in [0.25, 0.3) is 5.69 Å². The van der Waals surface area contributed by atoms with Crippen molar-refractivity contribution < 1.29 is 13.3 Å². The van der Waals surface area contributed by atoms with Crippen molar-refractivity contribution in [3.8, 4) is 0 Å². The van der Waals surface area contributed by atoms with Gasteiger partial charge in [0.1, 0.15) is 0 Å². The highest BCUT2D eigenvalue weighted by Gasteiger charge is 2.31. The highest BCUT2D eigenvalue weighted by molar-refractivity contribution is 7.89. The number of hydrogen-bond acceptors (Lipinski definition) is 5. The van der Waals surface area contributed by atoms with E-state index in [0.29, 0.717) is 0 Å². The van der Waals surface area contributed by atoms with Crippen LogP contribution in [0.2, 0.25) is 5.02 Å². The second-order valence-corrected chi connectivity index (χ2v) is 7.93. The van der Waals surface area contributed by atoms with Crippen LogP contribution in [0.3, 0.4) is 0 Å². The van der Waals surface area contributed by atoms with Crippen LogP contribution in [-0.4, -0.2) is 33.0 Å². The molecule has 1 aliphatic rings. The summed E-state index contributed by atoms with van der Waals surface area (Å²) in [5, 5.41) is 14.4. The van der Waals surface area contributed by atoms with Gasteiger partial charge in [-0.25, -0.2) is 13.1 Å². The fourth-order valence-corrected chi connectivity index (χ4v) is 4.04. The van der Waals surface area contributed by atoms with E-state index in [-0.39, 0.29) is 29.4 Å². The number of sulfonamides is 1. The van der Waals surface area contributed by atoms with Crippen molar-refractivity contribution in [2.45, 2.75) is 24.7 Å². The van der Waals surface area contributed by atoms with Gasteiger partial charge in [-0.05, 0) is 43.5 Å². The van der Waals surface area contributed by atoms with Gasteiger partial charge in [0.2, 0.25) is 10.0 Å². The average Bonchev–Trinajstić information content (AvgIpc) is 2.46. The summed E-state index contributed by atoms with van der Waals surface area (Å²) in [6.45, 7) is 3.90. The molecule has 1 aromatic rings. The minimum absolute atomic E-state index is 0. The van der Waals surface area contributed by atoms with E-state index in [1.165, 1.54) is 6.07 Å². The van der Waals surface area contributed by atoms with Crippen LogP contribution in [0.15, 0.2) is 23.1 Å². The van der Waals surface area contributed by atoms with E-state index in [9.17, 15) is 18.5 Å². The maximum Gasteiger partial charge on any atom is 0.289 e. The monoisotopic (exact) mass is 383 g/mol. The molecule has 0 amide bonds. The Labute approximate surface area is 146 Å². The summed E-state index contributed by atoms with van der Waals surface area (Å²) in [6, 6.07) is 3.50. The van der Waals surface area contributed by atoms with Crippen LogP contribution in [0.25, 0.3) is 0 Å². The molecule has 1 aliphatic heterocycles. The van der Waals surface area contributed by atoms with Gasteiger partial charge in [-0.1, -0.05) is 18.5 Å². The van der Waals surface area contributed by atoms with Gasteiger partial charge in [-0.15, -0.1) is 12.4 Å². The van der Waals surface area contributed by atoms with Crippen molar-refractivity contribution >= 4 is 39.7 Å². The van der Waals surface area contributed by atoms with E-state index in [1.807, 2.05) is 6.92 Å². The highest BCUT2D eigenvalue weighted by Crippen LogP contribution is 2.30. The first-order valence-electron chi connectivity index (χ1n) is 6.88. The molecule has 0 atom stereocenters. The number of hydrogen-bond donors (Lipinski definition) is 2.